The summed E-state index contributed by atoms with van der Waals surface area (Å²) in [5.41, 5.74) is 1.72. The lowest BCUT2D eigenvalue weighted by Gasteiger charge is -2.10. The van der Waals surface area contributed by atoms with Gasteiger partial charge >= 0.3 is 0 Å². The van der Waals surface area contributed by atoms with Crippen molar-refractivity contribution in [3.8, 4) is 5.75 Å². The average Bonchev–Trinajstić information content (AvgIpc) is 2.63. The first-order valence-electron chi connectivity index (χ1n) is 7.44. The van der Waals surface area contributed by atoms with Gasteiger partial charge < -0.3 is 10.4 Å². The van der Waals surface area contributed by atoms with E-state index in [1.54, 1.807) is 60.7 Å². The molecule has 0 aliphatic heterocycles. The number of benzene rings is 3. The van der Waals surface area contributed by atoms with Crippen LogP contribution in [0, 0.1) is 0 Å². The van der Waals surface area contributed by atoms with E-state index in [1.165, 1.54) is 12.1 Å². The van der Waals surface area contributed by atoms with E-state index in [9.17, 15) is 14.7 Å². The Morgan fingerprint density at radius 1 is 0.708 bits per heavy atom. The fourth-order valence-electron chi connectivity index (χ4n) is 2.37. The molecule has 0 fully saturated rings. The van der Waals surface area contributed by atoms with E-state index >= 15 is 0 Å². The van der Waals surface area contributed by atoms with Crippen LogP contribution in [0.2, 0.25) is 0 Å². The number of rotatable bonds is 4. The molecule has 0 aromatic heterocycles. The lowest BCUT2D eigenvalue weighted by Crippen LogP contribution is -2.16. The van der Waals surface area contributed by atoms with E-state index in [0.717, 1.165) is 0 Å². The minimum Gasteiger partial charge on any atom is -0.508 e. The van der Waals surface area contributed by atoms with Gasteiger partial charge in [0.1, 0.15) is 5.75 Å². The van der Waals surface area contributed by atoms with Gasteiger partial charge in [-0.15, -0.1) is 0 Å². The maximum absolute atomic E-state index is 12.7. The van der Waals surface area contributed by atoms with E-state index in [1.807, 2.05) is 6.07 Å². The Hall–Kier alpha value is -3.40. The summed E-state index contributed by atoms with van der Waals surface area (Å²) in [5, 5.41) is 12.0. The average molecular weight is 317 g/mol. The van der Waals surface area contributed by atoms with Gasteiger partial charge in [-0.2, -0.15) is 0 Å². The van der Waals surface area contributed by atoms with Crippen LogP contribution in [-0.4, -0.2) is 16.8 Å². The molecule has 0 saturated heterocycles. The van der Waals surface area contributed by atoms with Crippen molar-refractivity contribution < 1.29 is 14.7 Å². The number of hydrogen-bond acceptors (Lipinski definition) is 3. The van der Waals surface area contributed by atoms with Crippen molar-refractivity contribution in [1.82, 2.24) is 0 Å². The predicted octanol–water partition coefficient (Wildman–Crippen LogP) is 3.88. The molecule has 4 nitrogen and oxygen atoms in total. The molecule has 0 bridgehead atoms. The summed E-state index contributed by atoms with van der Waals surface area (Å²) in [4.78, 5) is 25.2. The number of aromatic hydroxyl groups is 1. The molecule has 24 heavy (non-hydrogen) atoms. The summed E-state index contributed by atoms with van der Waals surface area (Å²) in [6.45, 7) is 0. The number of carbonyl (C=O) groups is 2. The molecule has 0 aliphatic carbocycles. The van der Waals surface area contributed by atoms with Gasteiger partial charge in [0.25, 0.3) is 5.91 Å². The zero-order valence-corrected chi connectivity index (χ0v) is 12.8. The molecule has 3 rings (SSSR count). The molecule has 0 unspecified atom stereocenters. The van der Waals surface area contributed by atoms with Crippen molar-refractivity contribution in [3.63, 3.8) is 0 Å². The van der Waals surface area contributed by atoms with Crippen LogP contribution in [0.25, 0.3) is 0 Å². The lowest BCUT2D eigenvalue weighted by molar-refractivity contribution is 0.0996. The Balaban J connectivity index is 1.90. The molecule has 0 spiro atoms. The number of anilines is 1. The first-order valence-corrected chi connectivity index (χ1v) is 7.44. The first-order chi connectivity index (χ1) is 11.6. The second-order valence-corrected chi connectivity index (χ2v) is 5.24. The van der Waals surface area contributed by atoms with Gasteiger partial charge in [0, 0.05) is 16.8 Å². The molecule has 0 saturated carbocycles. The van der Waals surface area contributed by atoms with Crippen LogP contribution in [-0.2, 0) is 0 Å². The van der Waals surface area contributed by atoms with Crippen molar-refractivity contribution in [2.24, 2.45) is 0 Å². The van der Waals surface area contributed by atoms with Gasteiger partial charge in [0.05, 0.1) is 5.56 Å². The van der Waals surface area contributed by atoms with Crippen LogP contribution in [0.1, 0.15) is 26.3 Å². The number of carbonyl (C=O) groups excluding carboxylic acids is 2. The quantitative estimate of drug-likeness (QED) is 0.567. The predicted molar refractivity (Wildman–Crippen MR) is 92.4 cm³/mol. The standard InChI is InChI=1S/C20H15NO3/c22-16-12-10-15(11-13-16)21-20(24)18-9-5-4-8-17(18)19(23)14-6-2-1-3-7-14/h1-13,22H,(H,21,24). The molecule has 118 valence electrons. The highest BCUT2D eigenvalue weighted by Gasteiger charge is 2.17. The van der Waals surface area contributed by atoms with Crippen LogP contribution < -0.4 is 5.32 Å². The minimum atomic E-state index is -0.374. The van der Waals surface area contributed by atoms with Crippen LogP contribution in [0.3, 0.4) is 0 Å². The van der Waals surface area contributed by atoms with Gasteiger partial charge in [-0.25, -0.2) is 0 Å². The van der Waals surface area contributed by atoms with Crippen LogP contribution >= 0.6 is 0 Å². The number of amides is 1. The van der Waals surface area contributed by atoms with E-state index in [4.69, 9.17) is 0 Å². The number of hydrogen-bond donors (Lipinski definition) is 2. The summed E-state index contributed by atoms with van der Waals surface area (Å²) >= 11 is 0. The Labute approximate surface area is 139 Å². The van der Waals surface area contributed by atoms with Crippen LogP contribution in [0.5, 0.6) is 5.75 Å². The smallest absolute Gasteiger partial charge is 0.256 e. The fourth-order valence-corrected chi connectivity index (χ4v) is 2.37. The monoisotopic (exact) mass is 317 g/mol. The highest BCUT2D eigenvalue weighted by molar-refractivity contribution is 6.17. The maximum atomic E-state index is 12.7. The Morgan fingerprint density at radius 2 is 1.29 bits per heavy atom. The first kappa shape index (κ1) is 15.5. The maximum Gasteiger partial charge on any atom is 0.256 e. The van der Waals surface area contributed by atoms with E-state index in [2.05, 4.69) is 5.32 Å². The summed E-state index contributed by atoms with van der Waals surface area (Å²) < 4.78 is 0. The minimum absolute atomic E-state index is 0.118. The third kappa shape index (κ3) is 3.33. The molecular formula is C20H15NO3. The number of nitrogens with one attached hydrogen (secondary N) is 1. The van der Waals surface area contributed by atoms with Gasteiger partial charge in [0.15, 0.2) is 5.78 Å². The molecule has 0 heterocycles. The molecule has 4 heteroatoms. The van der Waals surface area contributed by atoms with Crippen molar-refractivity contribution in [2.75, 3.05) is 5.32 Å². The summed E-state index contributed by atoms with van der Waals surface area (Å²) in [6.07, 6.45) is 0. The van der Waals surface area contributed by atoms with Gasteiger partial charge in [-0.3, -0.25) is 9.59 Å². The van der Waals surface area contributed by atoms with Gasteiger partial charge in [0.2, 0.25) is 0 Å². The molecule has 3 aromatic carbocycles. The molecule has 3 aromatic rings. The highest BCUT2D eigenvalue weighted by atomic mass is 16.3. The molecular weight excluding hydrogens is 302 g/mol. The Kier molecular flexibility index (Phi) is 4.38. The number of phenols is 1. The highest BCUT2D eigenvalue weighted by Crippen LogP contribution is 2.18. The SMILES string of the molecule is O=C(Nc1ccc(O)cc1)c1ccccc1C(=O)c1ccccc1. The van der Waals surface area contributed by atoms with Crippen LogP contribution in [0.4, 0.5) is 5.69 Å². The van der Waals surface area contributed by atoms with Crippen molar-refractivity contribution in [3.05, 3.63) is 95.6 Å². The van der Waals surface area contributed by atoms with E-state index in [0.29, 0.717) is 22.4 Å². The summed E-state index contributed by atoms with van der Waals surface area (Å²) in [7, 11) is 0. The zero-order valence-electron chi connectivity index (χ0n) is 12.8. The van der Waals surface area contributed by atoms with Crippen molar-refractivity contribution in [2.45, 2.75) is 0 Å². The number of ketones is 1. The largest absolute Gasteiger partial charge is 0.508 e. The topological polar surface area (TPSA) is 66.4 Å². The molecule has 2 N–H and O–H groups in total. The molecule has 0 radical (unpaired) electrons. The van der Waals surface area contributed by atoms with E-state index in [-0.39, 0.29) is 17.4 Å². The Bertz CT molecular complexity index is 871. The third-order valence-electron chi connectivity index (χ3n) is 3.58. The normalized spacial score (nSPS) is 10.2. The fraction of sp³-hybridized carbons (Fsp3) is 0. The van der Waals surface area contributed by atoms with Gasteiger partial charge in [-0.1, -0.05) is 48.5 Å². The zero-order chi connectivity index (χ0) is 16.9. The summed E-state index contributed by atoms with van der Waals surface area (Å²) in [6, 6.07) is 21.7. The summed E-state index contributed by atoms with van der Waals surface area (Å²) in [5.74, 6) is -0.458. The van der Waals surface area contributed by atoms with E-state index < -0.39 is 0 Å². The molecule has 0 atom stereocenters. The second-order valence-electron chi connectivity index (χ2n) is 5.24. The van der Waals surface area contributed by atoms with Crippen LogP contribution in [0.15, 0.2) is 78.9 Å². The Morgan fingerprint density at radius 3 is 1.96 bits per heavy atom. The van der Waals surface area contributed by atoms with Crippen molar-refractivity contribution in [1.29, 1.82) is 0 Å². The van der Waals surface area contributed by atoms with Gasteiger partial charge in [-0.05, 0) is 30.3 Å². The molecule has 0 aliphatic rings. The molecule has 1 amide bonds. The lowest BCUT2D eigenvalue weighted by atomic mass is 9.98. The second kappa shape index (κ2) is 6.79. The van der Waals surface area contributed by atoms with Crippen molar-refractivity contribution >= 4 is 17.4 Å². The number of phenolic OH excluding ortho intramolecular Hbond substituents is 1. The third-order valence-corrected chi connectivity index (χ3v) is 3.58.